The minimum atomic E-state index is 0.268. The molecule has 0 amide bonds. The molecule has 4 nitrogen and oxygen atoms in total. The van der Waals surface area contributed by atoms with Crippen molar-refractivity contribution in [2.75, 3.05) is 24.7 Å². The number of hydrogen-bond donors (Lipinski definition) is 1. The van der Waals surface area contributed by atoms with E-state index < -0.39 is 0 Å². The van der Waals surface area contributed by atoms with Crippen LogP contribution in [0.1, 0.15) is 22.1 Å². The molecule has 0 aliphatic carbocycles. The molecule has 106 valence electrons. The van der Waals surface area contributed by atoms with E-state index in [0.717, 1.165) is 29.6 Å². The molecule has 2 aromatic rings. The molecule has 3 rings (SSSR count). The van der Waals surface area contributed by atoms with Gasteiger partial charge in [0.25, 0.3) is 0 Å². The summed E-state index contributed by atoms with van der Waals surface area (Å²) in [6, 6.07) is 8.26. The van der Waals surface area contributed by atoms with Crippen LogP contribution in [0.25, 0.3) is 0 Å². The van der Waals surface area contributed by atoms with E-state index in [2.05, 4.69) is 29.5 Å². The number of fused-ring (bicyclic) bond motifs is 1. The Morgan fingerprint density at radius 2 is 2.20 bits per heavy atom. The largest absolute Gasteiger partial charge is 0.496 e. The zero-order chi connectivity index (χ0) is 14.1. The van der Waals surface area contributed by atoms with Crippen LogP contribution in [-0.4, -0.2) is 29.2 Å². The lowest BCUT2D eigenvalue weighted by atomic mass is 10.0. The van der Waals surface area contributed by atoms with E-state index >= 15 is 0 Å². The van der Waals surface area contributed by atoms with Crippen molar-refractivity contribution in [1.29, 1.82) is 0 Å². The van der Waals surface area contributed by atoms with Crippen LogP contribution in [0.2, 0.25) is 0 Å². The van der Waals surface area contributed by atoms with Gasteiger partial charge in [-0.3, -0.25) is 4.68 Å². The van der Waals surface area contributed by atoms with Gasteiger partial charge in [0.15, 0.2) is 0 Å². The molecular weight excluding hydrogens is 270 g/mol. The van der Waals surface area contributed by atoms with Gasteiger partial charge in [0, 0.05) is 30.5 Å². The predicted molar refractivity (Wildman–Crippen MR) is 83.7 cm³/mol. The van der Waals surface area contributed by atoms with Gasteiger partial charge >= 0.3 is 0 Å². The molecule has 1 atom stereocenters. The Kier molecular flexibility index (Phi) is 3.61. The van der Waals surface area contributed by atoms with Gasteiger partial charge in [-0.05, 0) is 13.0 Å². The molecule has 1 aromatic carbocycles. The molecule has 1 aromatic heterocycles. The molecule has 0 saturated carbocycles. The summed E-state index contributed by atoms with van der Waals surface area (Å²) in [5.74, 6) is 3.14. The van der Waals surface area contributed by atoms with Crippen molar-refractivity contribution >= 4 is 17.6 Å². The number of nitrogens with one attached hydrogen (secondary N) is 1. The van der Waals surface area contributed by atoms with Crippen LogP contribution in [0.4, 0.5) is 5.82 Å². The van der Waals surface area contributed by atoms with E-state index in [-0.39, 0.29) is 5.25 Å². The minimum absolute atomic E-state index is 0.268. The zero-order valence-corrected chi connectivity index (χ0v) is 12.8. The molecule has 0 radical (unpaired) electrons. The smallest absolute Gasteiger partial charge is 0.128 e. The fourth-order valence-electron chi connectivity index (χ4n) is 2.76. The highest BCUT2D eigenvalue weighted by Gasteiger charge is 2.28. The second-order valence-electron chi connectivity index (χ2n) is 4.89. The SMILES string of the molecule is COc1ccccc1C1SCCNc2c1c(C)nn2C. The molecule has 0 spiro atoms. The summed E-state index contributed by atoms with van der Waals surface area (Å²) >= 11 is 1.94. The number of anilines is 1. The van der Waals surface area contributed by atoms with Crippen molar-refractivity contribution in [3.05, 3.63) is 41.1 Å². The average Bonchev–Trinajstić information content (AvgIpc) is 2.66. The molecular formula is C15H19N3OS. The van der Waals surface area contributed by atoms with E-state index in [4.69, 9.17) is 4.74 Å². The quantitative estimate of drug-likeness (QED) is 0.922. The average molecular weight is 289 g/mol. The molecule has 1 aliphatic heterocycles. The second kappa shape index (κ2) is 5.40. The number of nitrogens with zero attached hydrogens (tertiary/aromatic N) is 2. The van der Waals surface area contributed by atoms with Crippen molar-refractivity contribution in [3.8, 4) is 5.75 Å². The van der Waals surface area contributed by atoms with Gasteiger partial charge in [0.05, 0.1) is 18.1 Å². The number of ether oxygens (including phenoxy) is 1. The Labute approximate surface area is 123 Å². The van der Waals surface area contributed by atoms with Gasteiger partial charge in [0.2, 0.25) is 0 Å². The first-order chi connectivity index (χ1) is 9.72. The Balaban J connectivity index is 2.15. The number of aromatic nitrogens is 2. The molecule has 0 fully saturated rings. The maximum absolute atomic E-state index is 5.54. The van der Waals surface area contributed by atoms with E-state index in [1.807, 2.05) is 35.6 Å². The van der Waals surface area contributed by atoms with E-state index in [1.54, 1.807) is 7.11 Å². The Bertz CT molecular complexity index is 624. The molecule has 0 bridgehead atoms. The third kappa shape index (κ3) is 2.16. The lowest BCUT2D eigenvalue weighted by molar-refractivity contribution is 0.410. The van der Waals surface area contributed by atoms with Gasteiger partial charge in [-0.2, -0.15) is 5.10 Å². The first-order valence-corrected chi connectivity index (χ1v) is 7.79. The molecule has 1 unspecified atom stereocenters. The fraction of sp³-hybridized carbons (Fsp3) is 0.400. The summed E-state index contributed by atoms with van der Waals surface area (Å²) in [6.07, 6.45) is 0. The summed E-state index contributed by atoms with van der Waals surface area (Å²) in [5.41, 5.74) is 3.58. The highest BCUT2D eigenvalue weighted by atomic mass is 32.2. The van der Waals surface area contributed by atoms with Crippen LogP contribution in [0.5, 0.6) is 5.75 Å². The van der Waals surface area contributed by atoms with Crippen LogP contribution >= 0.6 is 11.8 Å². The monoisotopic (exact) mass is 289 g/mol. The number of hydrogen-bond acceptors (Lipinski definition) is 4. The maximum atomic E-state index is 5.54. The number of rotatable bonds is 2. The van der Waals surface area contributed by atoms with Crippen LogP contribution in [0, 0.1) is 6.92 Å². The van der Waals surface area contributed by atoms with Crippen molar-refractivity contribution in [2.24, 2.45) is 7.05 Å². The molecule has 2 heterocycles. The van der Waals surface area contributed by atoms with Crippen molar-refractivity contribution < 1.29 is 4.74 Å². The lowest BCUT2D eigenvalue weighted by Gasteiger charge is -2.18. The Morgan fingerprint density at radius 3 is 3.00 bits per heavy atom. The molecule has 1 N–H and O–H groups in total. The second-order valence-corrected chi connectivity index (χ2v) is 6.10. The van der Waals surface area contributed by atoms with Crippen LogP contribution in [0.3, 0.4) is 0 Å². The van der Waals surface area contributed by atoms with E-state index in [0.29, 0.717) is 0 Å². The summed E-state index contributed by atoms with van der Waals surface area (Å²) in [6.45, 7) is 3.04. The summed E-state index contributed by atoms with van der Waals surface area (Å²) in [5, 5.41) is 8.32. The molecule has 1 aliphatic rings. The summed E-state index contributed by atoms with van der Waals surface area (Å²) in [4.78, 5) is 0. The first kappa shape index (κ1) is 13.4. The maximum Gasteiger partial charge on any atom is 0.128 e. The van der Waals surface area contributed by atoms with Crippen molar-refractivity contribution in [1.82, 2.24) is 9.78 Å². The van der Waals surface area contributed by atoms with Crippen LogP contribution in [0.15, 0.2) is 24.3 Å². The number of methoxy groups -OCH3 is 1. The van der Waals surface area contributed by atoms with Crippen LogP contribution < -0.4 is 10.1 Å². The van der Waals surface area contributed by atoms with Gasteiger partial charge < -0.3 is 10.1 Å². The summed E-state index contributed by atoms with van der Waals surface area (Å²) < 4.78 is 7.48. The van der Waals surface area contributed by atoms with Crippen molar-refractivity contribution in [2.45, 2.75) is 12.2 Å². The third-order valence-corrected chi connectivity index (χ3v) is 4.89. The van der Waals surface area contributed by atoms with Crippen molar-refractivity contribution in [3.63, 3.8) is 0 Å². The minimum Gasteiger partial charge on any atom is -0.496 e. The van der Waals surface area contributed by atoms with Gasteiger partial charge in [-0.1, -0.05) is 18.2 Å². The predicted octanol–water partition coefficient (Wildman–Crippen LogP) is 2.99. The van der Waals surface area contributed by atoms with Gasteiger partial charge in [-0.25, -0.2) is 0 Å². The highest BCUT2D eigenvalue weighted by Crippen LogP contribution is 2.45. The van der Waals surface area contributed by atoms with Crippen LogP contribution in [-0.2, 0) is 7.05 Å². The summed E-state index contributed by atoms with van der Waals surface area (Å²) in [7, 11) is 3.73. The molecule has 20 heavy (non-hydrogen) atoms. The third-order valence-electron chi connectivity index (χ3n) is 3.63. The fourth-order valence-corrected chi connectivity index (χ4v) is 4.03. The highest BCUT2D eigenvalue weighted by molar-refractivity contribution is 7.99. The Morgan fingerprint density at radius 1 is 1.40 bits per heavy atom. The topological polar surface area (TPSA) is 39.1 Å². The zero-order valence-electron chi connectivity index (χ0n) is 12.0. The number of thioether (sulfide) groups is 1. The number of benzene rings is 1. The lowest BCUT2D eigenvalue weighted by Crippen LogP contribution is -2.06. The standard InChI is InChI=1S/C15H19N3OS/c1-10-13-14(11-6-4-5-7-12(11)19-3)20-9-8-16-15(13)18(2)17-10/h4-7,14,16H,8-9H2,1-3H3. The number of para-hydroxylation sites is 1. The Hall–Kier alpha value is -1.62. The number of aryl methyl sites for hydroxylation is 2. The first-order valence-electron chi connectivity index (χ1n) is 6.74. The van der Waals surface area contributed by atoms with Gasteiger partial charge in [0.1, 0.15) is 11.6 Å². The molecule has 5 heteroatoms. The molecule has 0 saturated heterocycles. The van der Waals surface area contributed by atoms with Gasteiger partial charge in [-0.15, -0.1) is 11.8 Å². The van der Waals surface area contributed by atoms with E-state index in [1.165, 1.54) is 11.1 Å². The normalized spacial score (nSPS) is 18.1. The van der Waals surface area contributed by atoms with E-state index in [9.17, 15) is 0 Å².